The van der Waals surface area contributed by atoms with E-state index in [1.165, 1.54) is 28.1 Å². The molecule has 0 unspecified atom stereocenters. The topological polar surface area (TPSA) is 85.2 Å². The van der Waals surface area contributed by atoms with Gasteiger partial charge in [-0.2, -0.15) is 4.31 Å². The smallest absolute Gasteiger partial charge is 0.243 e. The Labute approximate surface area is 203 Å². The van der Waals surface area contributed by atoms with Crippen LogP contribution in [-0.2, 0) is 10.0 Å². The lowest BCUT2D eigenvalue weighted by Gasteiger charge is -2.32. The number of halogens is 1. The van der Waals surface area contributed by atoms with Crippen molar-refractivity contribution in [1.82, 2.24) is 18.8 Å². The van der Waals surface area contributed by atoms with E-state index >= 15 is 0 Å². The molecule has 7 nitrogen and oxygen atoms in total. The summed E-state index contributed by atoms with van der Waals surface area (Å²) >= 11 is 6.07. The molecule has 174 valence electrons. The standard InChI is InChI=1S/C25H23ClN4O3S/c1-17-4-6-18(7-5-17)24-28-23-3-2-12-27-25(23)30(24)20-10-13-29(14-11-20)34(32,33)21-9-8-19(16-31)22(26)15-21/h2-9,12,15-16,20H,10-11,13-14H2,1H3. The second-order valence-electron chi connectivity index (χ2n) is 8.45. The molecule has 0 bridgehead atoms. The number of aldehydes is 1. The minimum atomic E-state index is -3.72. The van der Waals surface area contributed by atoms with Crippen molar-refractivity contribution in [3.63, 3.8) is 0 Å². The van der Waals surface area contributed by atoms with Crippen molar-refractivity contribution in [1.29, 1.82) is 0 Å². The summed E-state index contributed by atoms with van der Waals surface area (Å²) in [5.74, 6) is 0.839. The van der Waals surface area contributed by atoms with Crippen LogP contribution in [0.5, 0.6) is 0 Å². The van der Waals surface area contributed by atoms with Crippen LogP contribution >= 0.6 is 11.6 Å². The quantitative estimate of drug-likeness (QED) is 0.368. The second-order valence-corrected chi connectivity index (χ2v) is 10.8. The summed E-state index contributed by atoms with van der Waals surface area (Å²) in [6, 6.07) is 16.3. The normalized spacial score (nSPS) is 15.6. The Hall–Kier alpha value is -3.07. The van der Waals surface area contributed by atoms with Crippen molar-refractivity contribution in [3.8, 4) is 11.4 Å². The molecule has 2 aromatic heterocycles. The van der Waals surface area contributed by atoms with Gasteiger partial charge in [-0.05, 0) is 50.1 Å². The summed E-state index contributed by atoms with van der Waals surface area (Å²) < 4.78 is 30.1. The highest BCUT2D eigenvalue weighted by molar-refractivity contribution is 7.89. The molecule has 1 saturated heterocycles. The summed E-state index contributed by atoms with van der Waals surface area (Å²) in [5.41, 5.74) is 4.06. The molecular weight excluding hydrogens is 472 g/mol. The van der Waals surface area contributed by atoms with Crippen LogP contribution in [0.2, 0.25) is 5.02 Å². The minimum absolute atomic E-state index is 0.0590. The highest BCUT2D eigenvalue weighted by Crippen LogP contribution is 2.34. The number of aromatic nitrogens is 3. The number of piperidine rings is 1. The molecule has 4 aromatic rings. The predicted molar refractivity (Wildman–Crippen MR) is 132 cm³/mol. The lowest BCUT2D eigenvalue weighted by molar-refractivity contribution is 0.112. The third kappa shape index (κ3) is 4.02. The van der Waals surface area contributed by atoms with Gasteiger partial charge in [-0.3, -0.25) is 4.79 Å². The molecule has 3 heterocycles. The molecule has 2 aromatic carbocycles. The maximum atomic E-state index is 13.2. The average molecular weight is 495 g/mol. The number of nitrogens with zero attached hydrogens (tertiary/aromatic N) is 4. The maximum Gasteiger partial charge on any atom is 0.243 e. The first kappa shape index (κ1) is 22.7. The van der Waals surface area contributed by atoms with Gasteiger partial charge in [0.15, 0.2) is 11.9 Å². The van der Waals surface area contributed by atoms with Crippen molar-refractivity contribution in [2.45, 2.75) is 30.7 Å². The number of imidazole rings is 1. The van der Waals surface area contributed by atoms with Gasteiger partial charge in [-0.15, -0.1) is 0 Å². The fourth-order valence-corrected chi connectivity index (χ4v) is 6.22. The number of hydrogen-bond donors (Lipinski definition) is 0. The van der Waals surface area contributed by atoms with E-state index in [1.807, 2.05) is 19.1 Å². The van der Waals surface area contributed by atoms with Gasteiger partial charge in [0.1, 0.15) is 11.3 Å². The monoisotopic (exact) mass is 494 g/mol. The van der Waals surface area contributed by atoms with Crippen molar-refractivity contribution >= 4 is 39.1 Å². The highest BCUT2D eigenvalue weighted by Gasteiger charge is 2.32. The third-order valence-electron chi connectivity index (χ3n) is 6.28. The van der Waals surface area contributed by atoms with Crippen LogP contribution in [0.4, 0.5) is 0 Å². The molecule has 0 aliphatic carbocycles. The zero-order valence-electron chi connectivity index (χ0n) is 18.6. The molecule has 0 radical (unpaired) electrons. The van der Waals surface area contributed by atoms with Gasteiger partial charge >= 0.3 is 0 Å². The Balaban J connectivity index is 1.44. The van der Waals surface area contributed by atoms with Crippen LogP contribution in [0.1, 0.15) is 34.8 Å². The number of benzene rings is 2. The third-order valence-corrected chi connectivity index (χ3v) is 8.51. The number of carbonyl (C=O) groups is 1. The first-order valence-electron chi connectivity index (χ1n) is 11.0. The molecule has 1 aliphatic rings. The number of fused-ring (bicyclic) bond motifs is 1. The van der Waals surface area contributed by atoms with E-state index in [-0.39, 0.29) is 21.5 Å². The fourth-order valence-electron chi connectivity index (χ4n) is 4.44. The Morgan fingerprint density at radius 3 is 2.47 bits per heavy atom. The SMILES string of the molecule is Cc1ccc(-c2nc3cccnc3n2C2CCN(S(=O)(=O)c3ccc(C=O)c(Cl)c3)CC2)cc1. The fraction of sp³-hybridized carbons (Fsp3) is 0.240. The first-order chi connectivity index (χ1) is 16.4. The van der Waals surface area contributed by atoms with Crippen molar-refractivity contribution in [3.05, 3.63) is 76.9 Å². The van der Waals surface area contributed by atoms with Crippen LogP contribution in [0, 0.1) is 6.92 Å². The number of sulfonamides is 1. The van der Waals surface area contributed by atoms with Crippen LogP contribution in [0.3, 0.4) is 0 Å². The van der Waals surface area contributed by atoms with E-state index in [9.17, 15) is 13.2 Å². The maximum absolute atomic E-state index is 13.2. The van der Waals surface area contributed by atoms with Gasteiger partial charge in [0, 0.05) is 36.5 Å². The molecule has 34 heavy (non-hydrogen) atoms. The lowest BCUT2D eigenvalue weighted by atomic mass is 10.1. The summed E-state index contributed by atoms with van der Waals surface area (Å²) in [4.78, 5) is 20.6. The number of hydrogen-bond acceptors (Lipinski definition) is 5. The summed E-state index contributed by atoms with van der Waals surface area (Å²) in [7, 11) is -3.72. The van der Waals surface area contributed by atoms with E-state index in [2.05, 4.69) is 33.8 Å². The molecule has 0 saturated carbocycles. The van der Waals surface area contributed by atoms with E-state index < -0.39 is 10.0 Å². The summed E-state index contributed by atoms with van der Waals surface area (Å²) in [5, 5.41) is 0.129. The van der Waals surface area contributed by atoms with Crippen LogP contribution in [-0.4, -0.2) is 46.6 Å². The molecule has 1 fully saturated rings. The van der Waals surface area contributed by atoms with Gasteiger partial charge in [0.2, 0.25) is 10.0 Å². The molecule has 0 spiro atoms. The zero-order valence-corrected chi connectivity index (χ0v) is 20.1. The van der Waals surface area contributed by atoms with Gasteiger partial charge in [-0.25, -0.2) is 18.4 Å². The number of rotatable bonds is 5. The predicted octanol–water partition coefficient (Wildman–Crippen LogP) is 4.90. The molecular formula is C25H23ClN4O3S. The second kappa shape index (κ2) is 8.94. The van der Waals surface area contributed by atoms with E-state index in [1.54, 1.807) is 6.20 Å². The first-order valence-corrected chi connectivity index (χ1v) is 12.8. The van der Waals surface area contributed by atoms with Gasteiger partial charge in [0.05, 0.1) is 9.92 Å². The van der Waals surface area contributed by atoms with Crippen LogP contribution in [0.15, 0.2) is 65.7 Å². The van der Waals surface area contributed by atoms with E-state index in [4.69, 9.17) is 16.6 Å². The highest BCUT2D eigenvalue weighted by atomic mass is 35.5. The molecule has 1 aliphatic heterocycles. The number of carbonyl (C=O) groups excluding carboxylic acids is 1. The summed E-state index contributed by atoms with van der Waals surface area (Å²) in [6.45, 7) is 2.77. The molecule has 9 heteroatoms. The Bertz CT molecular complexity index is 1470. The average Bonchev–Trinajstić information content (AvgIpc) is 3.24. The molecule has 0 amide bonds. The minimum Gasteiger partial charge on any atom is -0.305 e. The number of pyridine rings is 1. The summed E-state index contributed by atoms with van der Waals surface area (Å²) in [6.07, 6.45) is 3.62. The zero-order chi connectivity index (χ0) is 23.9. The van der Waals surface area contributed by atoms with E-state index in [0.29, 0.717) is 32.2 Å². The van der Waals surface area contributed by atoms with Crippen molar-refractivity contribution in [2.75, 3.05) is 13.1 Å². The molecule has 5 rings (SSSR count). The van der Waals surface area contributed by atoms with Crippen LogP contribution < -0.4 is 0 Å². The van der Waals surface area contributed by atoms with Crippen molar-refractivity contribution < 1.29 is 13.2 Å². The van der Waals surface area contributed by atoms with Gasteiger partial charge in [0.25, 0.3) is 0 Å². The molecule has 0 N–H and O–H groups in total. The van der Waals surface area contributed by atoms with Gasteiger partial charge < -0.3 is 4.57 Å². The lowest BCUT2D eigenvalue weighted by Crippen LogP contribution is -2.39. The van der Waals surface area contributed by atoms with E-state index in [0.717, 1.165) is 22.6 Å². The Morgan fingerprint density at radius 2 is 1.79 bits per heavy atom. The van der Waals surface area contributed by atoms with Crippen molar-refractivity contribution in [2.24, 2.45) is 0 Å². The Morgan fingerprint density at radius 1 is 1.06 bits per heavy atom. The number of aryl methyl sites for hydroxylation is 1. The Kier molecular flexibility index (Phi) is 5.97. The molecule has 0 atom stereocenters. The van der Waals surface area contributed by atoms with Gasteiger partial charge in [-0.1, -0.05) is 41.4 Å². The largest absolute Gasteiger partial charge is 0.305 e. The van der Waals surface area contributed by atoms with Crippen LogP contribution in [0.25, 0.3) is 22.6 Å².